The fraction of sp³-hybridized carbons (Fsp3) is 0.643. The second kappa shape index (κ2) is 4.82. The van der Waals surface area contributed by atoms with Crippen LogP contribution in [0.25, 0.3) is 0 Å². The van der Waals surface area contributed by atoms with Gasteiger partial charge in [-0.1, -0.05) is 0 Å². The first-order valence-corrected chi connectivity index (χ1v) is 7.02. The van der Waals surface area contributed by atoms with Gasteiger partial charge in [0.1, 0.15) is 11.6 Å². The van der Waals surface area contributed by atoms with Crippen LogP contribution in [0.2, 0.25) is 0 Å². The molecule has 0 aliphatic heterocycles. The van der Waals surface area contributed by atoms with Crippen molar-refractivity contribution in [1.29, 1.82) is 0 Å². The van der Waals surface area contributed by atoms with E-state index in [1.807, 2.05) is 0 Å². The van der Waals surface area contributed by atoms with Gasteiger partial charge in [-0.25, -0.2) is 4.98 Å². The zero-order valence-corrected chi connectivity index (χ0v) is 11.1. The number of rotatable bonds is 5. The van der Waals surface area contributed by atoms with Gasteiger partial charge in [-0.05, 0) is 55.6 Å². The van der Waals surface area contributed by atoms with Crippen LogP contribution in [0.3, 0.4) is 0 Å². The van der Waals surface area contributed by atoms with Crippen molar-refractivity contribution in [2.75, 3.05) is 17.6 Å². The molecule has 0 radical (unpaired) electrons. The summed E-state index contributed by atoms with van der Waals surface area (Å²) in [5.41, 5.74) is 4.71. The van der Waals surface area contributed by atoms with Crippen LogP contribution in [0.1, 0.15) is 31.2 Å². The molecule has 6 heteroatoms. The maximum atomic E-state index is 12.7. The highest BCUT2D eigenvalue weighted by atomic mass is 19.4. The SMILES string of the molecule is Nc1cc(C(F)(F)F)cc(NCC(C2CC2)C2CC2)n1. The molecular weight excluding hydrogens is 267 g/mol. The molecule has 0 spiro atoms. The fourth-order valence-electron chi connectivity index (χ4n) is 2.80. The molecule has 2 aliphatic carbocycles. The van der Waals surface area contributed by atoms with Crippen molar-refractivity contribution in [3.63, 3.8) is 0 Å². The Morgan fingerprint density at radius 3 is 2.30 bits per heavy atom. The molecule has 1 aromatic rings. The summed E-state index contributed by atoms with van der Waals surface area (Å²) in [6.07, 6.45) is 0.615. The van der Waals surface area contributed by atoms with Gasteiger partial charge in [0.15, 0.2) is 0 Å². The molecule has 0 atom stereocenters. The zero-order valence-electron chi connectivity index (χ0n) is 11.1. The summed E-state index contributed by atoms with van der Waals surface area (Å²) < 4.78 is 38.1. The number of aromatic nitrogens is 1. The Balaban J connectivity index is 1.68. The Morgan fingerprint density at radius 1 is 1.20 bits per heavy atom. The maximum absolute atomic E-state index is 12.7. The molecular formula is C14H18F3N3. The predicted octanol–water partition coefficient (Wildman–Crippen LogP) is 3.53. The molecule has 2 fully saturated rings. The van der Waals surface area contributed by atoms with E-state index in [1.165, 1.54) is 25.7 Å². The summed E-state index contributed by atoms with van der Waals surface area (Å²) in [5, 5.41) is 3.05. The lowest BCUT2D eigenvalue weighted by atomic mass is 9.98. The summed E-state index contributed by atoms with van der Waals surface area (Å²) >= 11 is 0. The third-order valence-electron chi connectivity index (χ3n) is 4.15. The van der Waals surface area contributed by atoms with Gasteiger partial charge in [-0.15, -0.1) is 0 Å². The third kappa shape index (κ3) is 3.16. The third-order valence-corrected chi connectivity index (χ3v) is 4.15. The average Bonchev–Trinajstić information content (AvgIpc) is 3.22. The molecule has 3 nitrogen and oxygen atoms in total. The van der Waals surface area contributed by atoms with Crippen molar-refractivity contribution in [2.24, 2.45) is 17.8 Å². The van der Waals surface area contributed by atoms with E-state index in [0.29, 0.717) is 12.5 Å². The van der Waals surface area contributed by atoms with Crippen molar-refractivity contribution >= 4 is 11.6 Å². The Kier molecular flexibility index (Phi) is 3.26. The minimum Gasteiger partial charge on any atom is -0.384 e. The molecule has 1 heterocycles. The number of alkyl halides is 3. The number of nitrogens with one attached hydrogen (secondary N) is 1. The first-order valence-electron chi connectivity index (χ1n) is 7.02. The van der Waals surface area contributed by atoms with Crippen LogP contribution in [-0.4, -0.2) is 11.5 Å². The molecule has 110 valence electrons. The highest BCUT2D eigenvalue weighted by Gasteiger charge is 2.41. The van der Waals surface area contributed by atoms with Crippen molar-refractivity contribution in [3.8, 4) is 0 Å². The smallest absolute Gasteiger partial charge is 0.384 e. The molecule has 0 unspecified atom stereocenters. The number of hydrogen-bond donors (Lipinski definition) is 2. The zero-order chi connectivity index (χ0) is 14.3. The topological polar surface area (TPSA) is 50.9 Å². The number of halogens is 3. The Hall–Kier alpha value is -1.46. The van der Waals surface area contributed by atoms with Crippen LogP contribution in [0.5, 0.6) is 0 Å². The number of pyridine rings is 1. The standard InChI is InChI=1S/C14H18F3N3/c15-14(16,17)10-5-12(18)20-13(6-10)19-7-11(8-1-2-8)9-3-4-9/h5-6,8-9,11H,1-4,7H2,(H3,18,19,20). The van der Waals surface area contributed by atoms with Gasteiger partial charge < -0.3 is 11.1 Å². The minimum atomic E-state index is -4.39. The highest BCUT2D eigenvalue weighted by molar-refractivity contribution is 5.47. The van der Waals surface area contributed by atoms with Crippen LogP contribution in [0.15, 0.2) is 12.1 Å². The lowest BCUT2D eigenvalue weighted by Gasteiger charge is -2.17. The highest BCUT2D eigenvalue weighted by Crippen LogP contribution is 2.49. The van der Waals surface area contributed by atoms with E-state index in [0.717, 1.165) is 24.0 Å². The van der Waals surface area contributed by atoms with Crippen LogP contribution in [0, 0.1) is 17.8 Å². The molecule has 1 aromatic heterocycles. The minimum absolute atomic E-state index is 0.100. The largest absolute Gasteiger partial charge is 0.416 e. The van der Waals surface area contributed by atoms with E-state index in [2.05, 4.69) is 10.3 Å². The van der Waals surface area contributed by atoms with Gasteiger partial charge >= 0.3 is 6.18 Å². The van der Waals surface area contributed by atoms with E-state index in [4.69, 9.17) is 5.73 Å². The van der Waals surface area contributed by atoms with Gasteiger partial charge in [-0.3, -0.25) is 0 Å². The molecule has 3 rings (SSSR count). The second-order valence-corrected chi connectivity index (χ2v) is 5.88. The van der Waals surface area contributed by atoms with E-state index in [1.54, 1.807) is 0 Å². The lowest BCUT2D eigenvalue weighted by molar-refractivity contribution is -0.137. The Morgan fingerprint density at radius 2 is 1.80 bits per heavy atom. The van der Waals surface area contributed by atoms with Crippen molar-refractivity contribution in [1.82, 2.24) is 4.98 Å². The number of nitrogens with two attached hydrogens (primary N) is 1. The quantitative estimate of drug-likeness (QED) is 0.870. The van der Waals surface area contributed by atoms with Gasteiger partial charge in [0.05, 0.1) is 5.56 Å². The van der Waals surface area contributed by atoms with Gasteiger partial charge in [0.25, 0.3) is 0 Å². The van der Waals surface area contributed by atoms with Gasteiger partial charge in [0, 0.05) is 6.54 Å². The number of nitrogens with zero attached hydrogens (tertiary/aromatic N) is 1. The molecule has 2 aliphatic rings. The van der Waals surface area contributed by atoms with E-state index in [9.17, 15) is 13.2 Å². The van der Waals surface area contributed by atoms with E-state index >= 15 is 0 Å². The van der Waals surface area contributed by atoms with Gasteiger partial charge in [0.2, 0.25) is 0 Å². The number of hydrogen-bond acceptors (Lipinski definition) is 3. The molecule has 0 aromatic carbocycles. The maximum Gasteiger partial charge on any atom is 0.416 e. The summed E-state index contributed by atoms with van der Waals surface area (Å²) in [7, 11) is 0. The summed E-state index contributed by atoms with van der Waals surface area (Å²) in [6, 6.07) is 1.90. The van der Waals surface area contributed by atoms with Crippen LogP contribution in [0.4, 0.5) is 24.8 Å². The molecule has 0 bridgehead atoms. The molecule has 20 heavy (non-hydrogen) atoms. The Bertz CT molecular complexity index is 481. The monoisotopic (exact) mass is 285 g/mol. The molecule has 0 amide bonds. The van der Waals surface area contributed by atoms with Crippen LogP contribution >= 0.6 is 0 Å². The van der Waals surface area contributed by atoms with Crippen molar-refractivity contribution in [2.45, 2.75) is 31.9 Å². The first kappa shape index (κ1) is 13.5. The average molecular weight is 285 g/mol. The van der Waals surface area contributed by atoms with E-state index < -0.39 is 11.7 Å². The fourth-order valence-corrected chi connectivity index (χ4v) is 2.80. The Labute approximate surface area is 115 Å². The summed E-state index contributed by atoms with van der Waals surface area (Å²) in [4.78, 5) is 3.95. The first-order chi connectivity index (χ1) is 9.43. The van der Waals surface area contributed by atoms with Crippen molar-refractivity contribution < 1.29 is 13.2 Å². The normalized spacial score (nSPS) is 19.4. The van der Waals surface area contributed by atoms with Crippen molar-refractivity contribution in [3.05, 3.63) is 17.7 Å². The van der Waals surface area contributed by atoms with Crippen LogP contribution < -0.4 is 11.1 Å². The lowest BCUT2D eigenvalue weighted by Crippen LogP contribution is -2.19. The number of nitrogen functional groups attached to an aromatic ring is 1. The van der Waals surface area contributed by atoms with Crippen LogP contribution in [-0.2, 0) is 6.18 Å². The number of anilines is 2. The molecule has 3 N–H and O–H groups in total. The van der Waals surface area contributed by atoms with Gasteiger partial charge in [-0.2, -0.15) is 13.2 Å². The second-order valence-electron chi connectivity index (χ2n) is 5.88. The molecule has 0 saturated heterocycles. The predicted molar refractivity (Wildman–Crippen MR) is 71.1 cm³/mol. The summed E-state index contributed by atoms with van der Waals surface area (Å²) in [5.74, 6) is 2.20. The summed E-state index contributed by atoms with van der Waals surface area (Å²) in [6.45, 7) is 0.698. The molecule has 2 saturated carbocycles. The van der Waals surface area contributed by atoms with E-state index in [-0.39, 0.29) is 11.6 Å².